The third kappa shape index (κ3) is 20.0. The van der Waals surface area contributed by atoms with E-state index in [1.807, 2.05) is 0 Å². The Balaban J connectivity index is 0. The zero-order chi connectivity index (χ0) is 20.8. The summed E-state index contributed by atoms with van der Waals surface area (Å²) in [4.78, 5) is 0. The van der Waals surface area contributed by atoms with Crippen molar-refractivity contribution in [2.45, 2.75) is 110 Å². The molecular formula is C25H52INO2. The van der Waals surface area contributed by atoms with E-state index in [1.165, 1.54) is 89.9 Å². The average Bonchev–Trinajstić information content (AvgIpc) is 2.68. The van der Waals surface area contributed by atoms with Crippen LogP contribution in [0.3, 0.4) is 0 Å². The average molecular weight is 526 g/mol. The molecule has 0 heterocycles. The molecule has 0 aromatic heterocycles. The molecule has 0 aromatic rings. The van der Waals surface area contributed by atoms with Crippen LogP contribution in [0.15, 0.2) is 12.2 Å². The molecule has 2 N–H and O–H groups in total. The van der Waals surface area contributed by atoms with Crippen LogP contribution >= 0.6 is 0 Å². The van der Waals surface area contributed by atoms with Crippen molar-refractivity contribution in [3.8, 4) is 0 Å². The highest BCUT2D eigenvalue weighted by Gasteiger charge is 2.24. The number of quaternary nitrogens is 1. The summed E-state index contributed by atoms with van der Waals surface area (Å²) in [5.74, 6) is 0. The molecule has 0 fully saturated rings. The lowest BCUT2D eigenvalue weighted by Gasteiger charge is -2.38. The van der Waals surface area contributed by atoms with E-state index >= 15 is 0 Å². The van der Waals surface area contributed by atoms with Gasteiger partial charge >= 0.3 is 0 Å². The number of aliphatic hydroxyl groups excluding tert-OH is 2. The largest absolute Gasteiger partial charge is 1.00 e. The standard InChI is InChI=1S/C25H52NO2.HI/c1-3-5-6-7-8-9-10-11-12-13-14-15-16-17-18-19-21-26(20-4-2,22-24-27)23-25-28;/h11-12,27-28H,3-10,13-25H2,1-2H3;1H/q+1;/p-1/b12-11-;. The first kappa shape index (κ1) is 31.5. The number of hydrogen-bond donors (Lipinski definition) is 2. The Morgan fingerprint density at radius 1 is 0.517 bits per heavy atom. The molecular weight excluding hydrogens is 473 g/mol. The van der Waals surface area contributed by atoms with E-state index in [-0.39, 0.29) is 37.2 Å². The molecule has 0 amide bonds. The second-order valence-corrected chi connectivity index (χ2v) is 8.62. The summed E-state index contributed by atoms with van der Waals surface area (Å²) in [5, 5.41) is 18.8. The normalized spacial score (nSPS) is 11.9. The molecule has 176 valence electrons. The Hall–Kier alpha value is 0.350. The van der Waals surface area contributed by atoms with Gasteiger partial charge in [0.15, 0.2) is 0 Å². The minimum absolute atomic E-state index is 0. The van der Waals surface area contributed by atoms with Crippen LogP contribution in [0.4, 0.5) is 0 Å². The number of allylic oxidation sites excluding steroid dienone is 2. The van der Waals surface area contributed by atoms with E-state index in [9.17, 15) is 10.2 Å². The minimum atomic E-state index is 0. The maximum absolute atomic E-state index is 9.39. The van der Waals surface area contributed by atoms with Crippen molar-refractivity contribution in [2.24, 2.45) is 0 Å². The third-order valence-corrected chi connectivity index (χ3v) is 5.99. The topological polar surface area (TPSA) is 40.5 Å². The molecule has 0 atom stereocenters. The molecule has 0 bridgehead atoms. The van der Waals surface area contributed by atoms with Gasteiger partial charge in [0, 0.05) is 0 Å². The molecule has 0 spiro atoms. The summed E-state index contributed by atoms with van der Waals surface area (Å²) in [6, 6.07) is 0. The van der Waals surface area contributed by atoms with Crippen LogP contribution in [0.2, 0.25) is 0 Å². The van der Waals surface area contributed by atoms with Crippen LogP contribution < -0.4 is 24.0 Å². The Morgan fingerprint density at radius 3 is 1.41 bits per heavy atom. The van der Waals surface area contributed by atoms with Crippen molar-refractivity contribution in [3.05, 3.63) is 12.2 Å². The third-order valence-electron chi connectivity index (χ3n) is 5.99. The Kier molecular flexibility index (Phi) is 26.8. The quantitative estimate of drug-likeness (QED) is 0.0987. The van der Waals surface area contributed by atoms with Gasteiger partial charge in [0.05, 0.1) is 26.3 Å². The van der Waals surface area contributed by atoms with Gasteiger partial charge in [0.2, 0.25) is 0 Å². The highest BCUT2D eigenvalue weighted by atomic mass is 127. The van der Waals surface area contributed by atoms with Crippen molar-refractivity contribution in [1.82, 2.24) is 0 Å². The molecule has 0 aliphatic rings. The Bertz CT molecular complexity index is 320. The lowest BCUT2D eigenvalue weighted by atomic mass is 10.1. The number of nitrogens with zero attached hydrogens (tertiary/aromatic N) is 1. The summed E-state index contributed by atoms with van der Waals surface area (Å²) in [6.07, 6.45) is 24.6. The van der Waals surface area contributed by atoms with Crippen molar-refractivity contribution < 1.29 is 38.7 Å². The molecule has 0 aliphatic heterocycles. The van der Waals surface area contributed by atoms with E-state index in [2.05, 4.69) is 26.0 Å². The zero-order valence-corrected chi connectivity index (χ0v) is 21.9. The van der Waals surface area contributed by atoms with Crippen LogP contribution in [0, 0.1) is 0 Å². The predicted octanol–water partition coefficient (Wildman–Crippen LogP) is 3.24. The first-order chi connectivity index (χ1) is 13.7. The summed E-state index contributed by atoms with van der Waals surface area (Å²) in [5.41, 5.74) is 0. The molecule has 4 heteroatoms. The van der Waals surface area contributed by atoms with E-state index in [4.69, 9.17) is 0 Å². The fraction of sp³-hybridized carbons (Fsp3) is 0.920. The Morgan fingerprint density at radius 2 is 0.966 bits per heavy atom. The van der Waals surface area contributed by atoms with Crippen LogP contribution in [0.5, 0.6) is 0 Å². The van der Waals surface area contributed by atoms with Gasteiger partial charge < -0.3 is 38.7 Å². The van der Waals surface area contributed by atoms with Crippen LogP contribution in [0.1, 0.15) is 110 Å². The van der Waals surface area contributed by atoms with Crippen molar-refractivity contribution >= 4 is 0 Å². The number of rotatable bonds is 22. The van der Waals surface area contributed by atoms with Crippen LogP contribution in [-0.4, -0.2) is 54.1 Å². The first-order valence-corrected chi connectivity index (χ1v) is 12.5. The molecule has 0 saturated heterocycles. The molecule has 3 nitrogen and oxygen atoms in total. The Labute approximate surface area is 200 Å². The van der Waals surface area contributed by atoms with E-state index in [0.717, 1.165) is 37.1 Å². The van der Waals surface area contributed by atoms with Gasteiger partial charge in [-0.05, 0) is 44.9 Å². The van der Waals surface area contributed by atoms with Crippen molar-refractivity contribution in [2.75, 3.05) is 39.4 Å². The highest BCUT2D eigenvalue weighted by molar-refractivity contribution is 4.81. The SMILES string of the molecule is CCCCCCCC/C=C\CCCCCCCC[N+](CCC)(CCO)CCO.[I-]. The molecule has 0 rings (SSSR count). The maximum atomic E-state index is 9.39. The van der Waals surface area contributed by atoms with Gasteiger partial charge in [-0.25, -0.2) is 0 Å². The summed E-state index contributed by atoms with van der Waals surface area (Å²) >= 11 is 0. The molecule has 0 aliphatic carbocycles. The highest BCUT2D eigenvalue weighted by Crippen LogP contribution is 2.14. The fourth-order valence-corrected chi connectivity index (χ4v) is 4.26. The second-order valence-electron chi connectivity index (χ2n) is 8.62. The predicted molar refractivity (Wildman–Crippen MR) is 124 cm³/mol. The minimum Gasteiger partial charge on any atom is -1.00 e. The monoisotopic (exact) mass is 525 g/mol. The van der Waals surface area contributed by atoms with Gasteiger partial charge in [-0.2, -0.15) is 0 Å². The molecule has 0 unspecified atom stereocenters. The lowest BCUT2D eigenvalue weighted by Crippen LogP contribution is -3.00. The van der Waals surface area contributed by atoms with Crippen molar-refractivity contribution in [1.29, 1.82) is 0 Å². The van der Waals surface area contributed by atoms with Gasteiger partial charge in [-0.3, -0.25) is 0 Å². The number of halogens is 1. The lowest BCUT2D eigenvalue weighted by molar-refractivity contribution is -0.929. The molecule has 0 saturated carbocycles. The van der Waals surface area contributed by atoms with Crippen LogP contribution in [0.25, 0.3) is 0 Å². The van der Waals surface area contributed by atoms with Gasteiger partial charge in [0.25, 0.3) is 0 Å². The van der Waals surface area contributed by atoms with Crippen molar-refractivity contribution in [3.63, 3.8) is 0 Å². The van der Waals surface area contributed by atoms with Crippen LogP contribution in [-0.2, 0) is 0 Å². The number of aliphatic hydroxyl groups is 2. The molecule has 0 radical (unpaired) electrons. The molecule has 0 aromatic carbocycles. The fourth-order valence-electron chi connectivity index (χ4n) is 4.26. The first-order valence-electron chi connectivity index (χ1n) is 12.5. The number of unbranched alkanes of at least 4 members (excludes halogenated alkanes) is 12. The van der Waals surface area contributed by atoms with E-state index in [1.54, 1.807) is 0 Å². The van der Waals surface area contributed by atoms with E-state index < -0.39 is 0 Å². The van der Waals surface area contributed by atoms with Gasteiger partial charge in [-0.15, -0.1) is 0 Å². The summed E-state index contributed by atoms with van der Waals surface area (Å²) < 4.78 is 0.896. The smallest absolute Gasteiger partial charge is 0.102 e. The van der Waals surface area contributed by atoms with Gasteiger partial charge in [0.1, 0.15) is 13.1 Å². The maximum Gasteiger partial charge on any atom is 0.102 e. The summed E-state index contributed by atoms with van der Waals surface area (Å²) in [6.45, 7) is 8.70. The zero-order valence-electron chi connectivity index (χ0n) is 19.7. The summed E-state index contributed by atoms with van der Waals surface area (Å²) in [7, 11) is 0. The van der Waals surface area contributed by atoms with E-state index in [0.29, 0.717) is 0 Å². The number of hydrogen-bond acceptors (Lipinski definition) is 2. The molecule has 29 heavy (non-hydrogen) atoms. The second kappa shape index (κ2) is 24.6. The van der Waals surface area contributed by atoms with Gasteiger partial charge in [-0.1, -0.05) is 77.4 Å².